The minimum Gasteiger partial charge on any atom is -0.507 e. The Labute approximate surface area is 140 Å². The van der Waals surface area contributed by atoms with Gasteiger partial charge in [-0.3, -0.25) is 9.59 Å². The zero-order chi connectivity index (χ0) is 17.3. The van der Waals surface area contributed by atoms with Crippen molar-refractivity contribution in [3.63, 3.8) is 0 Å². The van der Waals surface area contributed by atoms with E-state index in [1.54, 1.807) is 19.1 Å². The lowest BCUT2D eigenvalue weighted by molar-refractivity contribution is -0.117. The molecule has 0 saturated heterocycles. The van der Waals surface area contributed by atoms with Gasteiger partial charge in [-0.15, -0.1) is 0 Å². The van der Waals surface area contributed by atoms with Gasteiger partial charge in [0, 0.05) is 24.3 Å². The molecular weight excluding hydrogens is 304 g/mol. The maximum Gasteiger partial charge on any atom is 0.224 e. The summed E-state index contributed by atoms with van der Waals surface area (Å²) in [5, 5.41) is 13.1. The predicted molar refractivity (Wildman–Crippen MR) is 93.5 cm³/mol. The number of rotatable bonds is 3. The van der Waals surface area contributed by atoms with E-state index in [-0.39, 0.29) is 29.3 Å². The van der Waals surface area contributed by atoms with Crippen molar-refractivity contribution in [3.8, 4) is 5.75 Å². The van der Waals surface area contributed by atoms with E-state index >= 15 is 0 Å². The van der Waals surface area contributed by atoms with E-state index in [1.807, 2.05) is 36.1 Å². The molecule has 0 fully saturated rings. The van der Waals surface area contributed by atoms with Gasteiger partial charge in [-0.25, -0.2) is 0 Å². The van der Waals surface area contributed by atoms with Gasteiger partial charge < -0.3 is 15.3 Å². The molecule has 5 nitrogen and oxygen atoms in total. The number of benzene rings is 2. The van der Waals surface area contributed by atoms with Gasteiger partial charge in [-0.2, -0.15) is 0 Å². The summed E-state index contributed by atoms with van der Waals surface area (Å²) in [5.74, 6) is -0.00279. The minimum atomic E-state index is -0.0317. The Morgan fingerprint density at radius 3 is 2.75 bits per heavy atom. The lowest BCUT2D eigenvalue weighted by Crippen LogP contribution is -2.43. The molecule has 2 unspecified atom stereocenters. The Kier molecular flexibility index (Phi) is 4.25. The van der Waals surface area contributed by atoms with Crippen molar-refractivity contribution in [3.05, 3.63) is 53.6 Å². The van der Waals surface area contributed by atoms with E-state index in [9.17, 15) is 14.7 Å². The average Bonchev–Trinajstić information content (AvgIpc) is 2.56. The number of aldehydes is 1. The SMILES string of the molecule is CC(=O)N1c2ccccc2C(Nc2ccc(O)c(C=O)c2)CC1C. The van der Waals surface area contributed by atoms with E-state index in [0.29, 0.717) is 6.29 Å². The molecule has 2 aromatic rings. The Hall–Kier alpha value is -2.82. The van der Waals surface area contributed by atoms with Crippen LogP contribution in [-0.4, -0.2) is 23.3 Å². The topological polar surface area (TPSA) is 69.6 Å². The van der Waals surface area contributed by atoms with Gasteiger partial charge >= 0.3 is 0 Å². The molecule has 2 atom stereocenters. The summed E-state index contributed by atoms with van der Waals surface area (Å²) < 4.78 is 0. The number of para-hydroxylation sites is 1. The van der Waals surface area contributed by atoms with Crippen molar-refractivity contribution in [1.29, 1.82) is 0 Å². The Balaban J connectivity index is 1.96. The highest BCUT2D eigenvalue weighted by atomic mass is 16.3. The molecule has 0 radical (unpaired) electrons. The first-order valence-electron chi connectivity index (χ1n) is 7.94. The van der Waals surface area contributed by atoms with Gasteiger partial charge in [0.25, 0.3) is 0 Å². The molecule has 1 aliphatic heterocycles. The molecule has 1 aliphatic rings. The fourth-order valence-corrected chi connectivity index (χ4v) is 3.37. The van der Waals surface area contributed by atoms with E-state index < -0.39 is 0 Å². The number of amides is 1. The zero-order valence-electron chi connectivity index (χ0n) is 13.7. The van der Waals surface area contributed by atoms with Crippen molar-refractivity contribution in [2.45, 2.75) is 32.4 Å². The number of hydrogen-bond donors (Lipinski definition) is 2. The second-order valence-electron chi connectivity index (χ2n) is 6.12. The number of anilines is 2. The number of carbonyl (C=O) groups is 2. The molecule has 1 amide bonds. The van der Waals surface area contributed by atoms with Crippen LogP contribution in [-0.2, 0) is 4.79 Å². The number of aromatic hydroxyl groups is 1. The first-order valence-corrected chi connectivity index (χ1v) is 7.94. The third-order valence-electron chi connectivity index (χ3n) is 4.42. The summed E-state index contributed by atoms with van der Waals surface area (Å²) in [6.45, 7) is 3.61. The average molecular weight is 324 g/mol. The lowest BCUT2D eigenvalue weighted by atomic mass is 9.91. The van der Waals surface area contributed by atoms with Crippen molar-refractivity contribution in [2.75, 3.05) is 10.2 Å². The van der Waals surface area contributed by atoms with Gasteiger partial charge in [-0.1, -0.05) is 18.2 Å². The Bertz CT molecular complexity index is 788. The smallest absolute Gasteiger partial charge is 0.224 e. The van der Waals surface area contributed by atoms with Crippen LogP contribution < -0.4 is 10.2 Å². The van der Waals surface area contributed by atoms with Crippen LogP contribution in [0.15, 0.2) is 42.5 Å². The number of phenols is 1. The predicted octanol–water partition coefficient (Wildman–Crippen LogP) is 3.50. The summed E-state index contributed by atoms with van der Waals surface area (Å²) in [4.78, 5) is 24.8. The van der Waals surface area contributed by atoms with Crippen LogP contribution in [0.4, 0.5) is 11.4 Å². The van der Waals surface area contributed by atoms with Crippen molar-refractivity contribution >= 4 is 23.6 Å². The maximum atomic E-state index is 12.0. The fourth-order valence-electron chi connectivity index (χ4n) is 3.37. The van der Waals surface area contributed by atoms with Crippen LogP contribution in [0, 0.1) is 0 Å². The number of phenolic OH excluding ortho intramolecular Hbond substituents is 1. The largest absolute Gasteiger partial charge is 0.507 e. The van der Waals surface area contributed by atoms with Gasteiger partial charge in [0.05, 0.1) is 11.6 Å². The molecule has 2 aromatic carbocycles. The zero-order valence-corrected chi connectivity index (χ0v) is 13.7. The second-order valence-corrected chi connectivity index (χ2v) is 6.12. The Morgan fingerprint density at radius 1 is 1.29 bits per heavy atom. The van der Waals surface area contributed by atoms with Gasteiger partial charge in [-0.05, 0) is 43.2 Å². The molecule has 2 N–H and O–H groups in total. The van der Waals surface area contributed by atoms with Gasteiger partial charge in [0.1, 0.15) is 5.75 Å². The second kappa shape index (κ2) is 6.35. The molecule has 24 heavy (non-hydrogen) atoms. The quantitative estimate of drug-likeness (QED) is 0.670. The highest BCUT2D eigenvalue weighted by Crippen LogP contribution is 2.39. The standard InChI is InChI=1S/C19H20N2O3/c1-12-9-17(20-15-7-8-19(24)14(10-15)11-22)16-5-3-4-6-18(16)21(12)13(2)23/h3-8,10-12,17,20,24H,9H2,1-2H3. The van der Waals surface area contributed by atoms with Gasteiger partial charge in [0.15, 0.2) is 6.29 Å². The number of fused-ring (bicyclic) bond motifs is 1. The highest BCUT2D eigenvalue weighted by molar-refractivity contribution is 5.93. The normalized spacial score (nSPS) is 19.5. The van der Waals surface area contributed by atoms with Crippen LogP contribution in [0.1, 0.15) is 42.2 Å². The monoisotopic (exact) mass is 324 g/mol. The highest BCUT2D eigenvalue weighted by Gasteiger charge is 2.32. The van der Waals surface area contributed by atoms with Crippen LogP contribution in [0.3, 0.4) is 0 Å². The molecule has 0 aliphatic carbocycles. The summed E-state index contributed by atoms with van der Waals surface area (Å²) in [7, 11) is 0. The van der Waals surface area contributed by atoms with Crippen LogP contribution in [0.2, 0.25) is 0 Å². The van der Waals surface area contributed by atoms with Crippen molar-refractivity contribution in [2.24, 2.45) is 0 Å². The fraction of sp³-hybridized carbons (Fsp3) is 0.263. The third-order valence-corrected chi connectivity index (χ3v) is 4.42. The van der Waals surface area contributed by atoms with Crippen LogP contribution in [0.5, 0.6) is 5.75 Å². The maximum absolute atomic E-state index is 12.0. The first kappa shape index (κ1) is 16.1. The van der Waals surface area contributed by atoms with Crippen LogP contribution >= 0.6 is 0 Å². The molecule has 0 bridgehead atoms. The van der Waals surface area contributed by atoms with E-state index in [1.165, 1.54) is 6.07 Å². The summed E-state index contributed by atoms with van der Waals surface area (Å²) in [5.41, 5.74) is 2.97. The minimum absolute atomic E-state index is 0.0239. The number of nitrogens with zero attached hydrogens (tertiary/aromatic N) is 1. The summed E-state index contributed by atoms with van der Waals surface area (Å²) in [6, 6.07) is 12.8. The van der Waals surface area contributed by atoms with Crippen LogP contribution in [0.25, 0.3) is 0 Å². The molecule has 124 valence electrons. The Morgan fingerprint density at radius 2 is 2.04 bits per heavy atom. The molecule has 5 heteroatoms. The van der Waals surface area contributed by atoms with Crippen molar-refractivity contribution < 1.29 is 14.7 Å². The molecule has 0 spiro atoms. The number of hydrogen-bond acceptors (Lipinski definition) is 4. The van der Waals surface area contributed by atoms with E-state index in [0.717, 1.165) is 23.4 Å². The van der Waals surface area contributed by atoms with Crippen molar-refractivity contribution in [1.82, 2.24) is 0 Å². The van der Waals surface area contributed by atoms with E-state index in [4.69, 9.17) is 0 Å². The lowest BCUT2D eigenvalue weighted by Gasteiger charge is -2.39. The number of carbonyl (C=O) groups excluding carboxylic acids is 2. The molecule has 1 heterocycles. The third kappa shape index (κ3) is 2.85. The molecule has 3 rings (SSSR count). The summed E-state index contributed by atoms with van der Waals surface area (Å²) >= 11 is 0. The first-order chi connectivity index (χ1) is 11.5. The van der Waals surface area contributed by atoms with Gasteiger partial charge in [0.2, 0.25) is 5.91 Å². The molecule has 0 aromatic heterocycles. The summed E-state index contributed by atoms with van der Waals surface area (Å²) in [6.07, 6.45) is 1.39. The molecule has 0 saturated carbocycles. The molecular formula is C19H20N2O3. The number of nitrogens with one attached hydrogen (secondary N) is 1. The van der Waals surface area contributed by atoms with E-state index in [2.05, 4.69) is 5.32 Å².